The molecular weight excluding hydrogens is 316 g/mol. The van der Waals surface area contributed by atoms with Crippen molar-refractivity contribution in [1.29, 1.82) is 0 Å². The van der Waals surface area contributed by atoms with E-state index in [4.69, 9.17) is 10.5 Å². The van der Waals surface area contributed by atoms with Crippen LogP contribution in [0.5, 0.6) is 5.75 Å². The molecule has 0 amide bonds. The average Bonchev–Trinajstić information content (AvgIpc) is 2.37. The molecule has 2 rings (SSSR count). The molecule has 0 aromatic heterocycles. The van der Waals surface area contributed by atoms with Crippen molar-refractivity contribution in [3.05, 3.63) is 51.5 Å². The largest absolute Gasteiger partial charge is 0.496 e. The summed E-state index contributed by atoms with van der Waals surface area (Å²) in [6, 6.07) is 10.1. The highest BCUT2D eigenvalue weighted by Crippen LogP contribution is 2.26. The summed E-state index contributed by atoms with van der Waals surface area (Å²) in [6.45, 7) is 4.85. The topological polar surface area (TPSA) is 47.3 Å². The van der Waals surface area contributed by atoms with Gasteiger partial charge in [-0.1, -0.05) is 28.1 Å². The van der Waals surface area contributed by atoms with Gasteiger partial charge in [0.1, 0.15) is 5.75 Å². The SMILES string of the molecule is COc1c(C)cc(CNc2ccc(Br)cc2N)cc1C. The number of nitrogen functional groups attached to an aromatic ring is 1. The van der Waals surface area contributed by atoms with Crippen molar-refractivity contribution in [3.63, 3.8) is 0 Å². The van der Waals surface area contributed by atoms with Crippen LogP contribution in [0.2, 0.25) is 0 Å². The second-order valence-electron chi connectivity index (χ2n) is 4.85. The van der Waals surface area contributed by atoms with E-state index in [0.717, 1.165) is 39.3 Å². The number of ether oxygens (including phenoxy) is 1. The molecule has 0 aliphatic heterocycles. The van der Waals surface area contributed by atoms with Crippen molar-refractivity contribution < 1.29 is 4.74 Å². The summed E-state index contributed by atoms with van der Waals surface area (Å²) in [4.78, 5) is 0. The van der Waals surface area contributed by atoms with Gasteiger partial charge in [-0.2, -0.15) is 0 Å². The lowest BCUT2D eigenvalue weighted by Gasteiger charge is -2.13. The quantitative estimate of drug-likeness (QED) is 0.821. The number of benzene rings is 2. The number of aryl methyl sites for hydroxylation is 2. The van der Waals surface area contributed by atoms with Crippen LogP contribution in [0.3, 0.4) is 0 Å². The van der Waals surface area contributed by atoms with Crippen LogP contribution in [0.25, 0.3) is 0 Å². The molecule has 0 aliphatic carbocycles. The Kier molecular flexibility index (Phi) is 4.55. The first-order valence-corrected chi connectivity index (χ1v) is 7.23. The van der Waals surface area contributed by atoms with Crippen LogP contribution in [0.1, 0.15) is 16.7 Å². The number of hydrogen-bond acceptors (Lipinski definition) is 3. The average molecular weight is 335 g/mol. The van der Waals surface area contributed by atoms with Crippen molar-refractivity contribution in [2.75, 3.05) is 18.2 Å². The van der Waals surface area contributed by atoms with Gasteiger partial charge in [0.2, 0.25) is 0 Å². The molecule has 0 saturated heterocycles. The number of nitrogens with one attached hydrogen (secondary N) is 1. The first kappa shape index (κ1) is 14.7. The van der Waals surface area contributed by atoms with Crippen LogP contribution >= 0.6 is 15.9 Å². The van der Waals surface area contributed by atoms with Gasteiger partial charge in [0.05, 0.1) is 18.5 Å². The van der Waals surface area contributed by atoms with E-state index in [2.05, 4.69) is 47.2 Å². The van der Waals surface area contributed by atoms with Crippen LogP contribution in [0, 0.1) is 13.8 Å². The van der Waals surface area contributed by atoms with Gasteiger partial charge in [0, 0.05) is 11.0 Å². The van der Waals surface area contributed by atoms with Gasteiger partial charge in [-0.25, -0.2) is 0 Å². The van der Waals surface area contributed by atoms with Crippen molar-refractivity contribution in [3.8, 4) is 5.75 Å². The van der Waals surface area contributed by atoms with E-state index in [1.807, 2.05) is 18.2 Å². The fourth-order valence-electron chi connectivity index (χ4n) is 2.36. The van der Waals surface area contributed by atoms with E-state index in [0.29, 0.717) is 0 Å². The van der Waals surface area contributed by atoms with Crippen molar-refractivity contribution >= 4 is 27.3 Å². The third-order valence-corrected chi connectivity index (χ3v) is 3.71. The maximum atomic E-state index is 5.98. The number of hydrogen-bond donors (Lipinski definition) is 2. The highest BCUT2D eigenvalue weighted by Gasteiger charge is 2.06. The predicted octanol–water partition coefficient (Wildman–Crippen LogP) is 4.27. The van der Waals surface area contributed by atoms with Gasteiger partial charge >= 0.3 is 0 Å². The molecule has 0 bridgehead atoms. The Bertz CT molecular complexity index is 603. The minimum absolute atomic E-state index is 0.734. The van der Waals surface area contributed by atoms with Gasteiger partial charge in [-0.05, 0) is 48.7 Å². The molecule has 0 saturated carbocycles. The molecule has 0 aliphatic rings. The predicted molar refractivity (Wildman–Crippen MR) is 88.3 cm³/mol. The summed E-state index contributed by atoms with van der Waals surface area (Å²) in [7, 11) is 1.70. The standard InChI is InChI=1S/C16H19BrN2O/c1-10-6-12(7-11(2)16(10)20-3)9-19-15-5-4-13(17)8-14(15)18/h4-8,19H,9,18H2,1-3H3. The van der Waals surface area contributed by atoms with Crippen LogP contribution in [0.4, 0.5) is 11.4 Å². The fraction of sp³-hybridized carbons (Fsp3) is 0.250. The first-order chi connectivity index (χ1) is 9.51. The first-order valence-electron chi connectivity index (χ1n) is 6.44. The van der Waals surface area contributed by atoms with Crippen molar-refractivity contribution in [2.45, 2.75) is 20.4 Å². The molecular formula is C16H19BrN2O. The number of nitrogens with two attached hydrogens (primary N) is 1. The molecule has 0 atom stereocenters. The smallest absolute Gasteiger partial charge is 0.124 e. The maximum absolute atomic E-state index is 5.98. The molecule has 0 radical (unpaired) electrons. The van der Waals surface area contributed by atoms with E-state index >= 15 is 0 Å². The van der Waals surface area contributed by atoms with E-state index in [9.17, 15) is 0 Å². The third-order valence-electron chi connectivity index (χ3n) is 3.22. The zero-order chi connectivity index (χ0) is 14.7. The van der Waals surface area contributed by atoms with Crippen molar-refractivity contribution in [2.24, 2.45) is 0 Å². The van der Waals surface area contributed by atoms with Crippen molar-refractivity contribution in [1.82, 2.24) is 0 Å². The number of rotatable bonds is 4. The molecule has 0 fully saturated rings. The Morgan fingerprint density at radius 2 is 1.80 bits per heavy atom. The number of anilines is 2. The van der Waals surface area contributed by atoms with Crippen LogP contribution in [-0.4, -0.2) is 7.11 Å². The normalized spacial score (nSPS) is 10.4. The monoisotopic (exact) mass is 334 g/mol. The lowest BCUT2D eigenvalue weighted by Crippen LogP contribution is -2.03. The summed E-state index contributed by atoms with van der Waals surface area (Å²) < 4.78 is 6.36. The van der Waals surface area contributed by atoms with Gasteiger partial charge < -0.3 is 15.8 Å². The van der Waals surface area contributed by atoms with E-state index in [1.165, 1.54) is 5.56 Å². The molecule has 3 nitrogen and oxygen atoms in total. The van der Waals surface area contributed by atoms with Gasteiger partial charge in [-0.3, -0.25) is 0 Å². The molecule has 3 N–H and O–H groups in total. The molecule has 0 unspecified atom stereocenters. The number of halogens is 1. The Hall–Kier alpha value is -1.68. The second kappa shape index (κ2) is 6.18. The molecule has 106 valence electrons. The minimum atomic E-state index is 0.734. The van der Waals surface area contributed by atoms with E-state index in [-0.39, 0.29) is 0 Å². The number of methoxy groups -OCH3 is 1. The summed E-state index contributed by atoms with van der Waals surface area (Å²) >= 11 is 3.41. The summed E-state index contributed by atoms with van der Waals surface area (Å²) in [5.41, 5.74) is 11.2. The van der Waals surface area contributed by atoms with E-state index in [1.54, 1.807) is 7.11 Å². The van der Waals surface area contributed by atoms with Crippen LogP contribution in [0.15, 0.2) is 34.8 Å². The third kappa shape index (κ3) is 3.25. The Labute approximate surface area is 128 Å². The zero-order valence-corrected chi connectivity index (χ0v) is 13.5. The van der Waals surface area contributed by atoms with Gasteiger partial charge in [0.25, 0.3) is 0 Å². The minimum Gasteiger partial charge on any atom is -0.496 e. The summed E-state index contributed by atoms with van der Waals surface area (Å²) in [5, 5.41) is 3.36. The molecule has 2 aromatic rings. The maximum Gasteiger partial charge on any atom is 0.124 e. The fourth-order valence-corrected chi connectivity index (χ4v) is 2.73. The molecule has 20 heavy (non-hydrogen) atoms. The highest BCUT2D eigenvalue weighted by molar-refractivity contribution is 9.10. The molecule has 0 heterocycles. The molecule has 4 heteroatoms. The van der Waals surface area contributed by atoms with Crippen LogP contribution in [-0.2, 0) is 6.54 Å². The molecule has 2 aromatic carbocycles. The van der Waals surface area contributed by atoms with Crippen LogP contribution < -0.4 is 15.8 Å². The summed E-state index contributed by atoms with van der Waals surface area (Å²) in [6.07, 6.45) is 0. The highest BCUT2D eigenvalue weighted by atomic mass is 79.9. The molecule has 0 spiro atoms. The second-order valence-corrected chi connectivity index (χ2v) is 5.76. The van der Waals surface area contributed by atoms with Gasteiger partial charge in [0.15, 0.2) is 0 Å². The van der Waals surface area contributed by atoms with E-state index < -0.39 is 0 Å². The Balaban J connectivity index is 2.15. The summed E-state index contributed by atoms with van der Waals surface area (Å²) in [5.74, 6) is 0.955. The Morgan fingerprint density at radius 1 is 1.15 bits per heavy atom. The lowest BCUT2D eigenvalue weighted by atomic mass is 10.1. The van der Waals surface area contributed by atoms with Gasteiger partial charge in [-0.15, -0.1) is 0 Å². The lowest BCUT2D eigenvalue weighted by molar-refractivity contribution is 0.408. The zero-order valence-electron chi connectivity index (χ0n) is 12.0. The Morgan fingerprint density at radius 3 is 2.35 bits per heavy atom.